The smallest absolute Gasteiger partial charge is 0.267 e. The summed E-state index contributed by atoms with van der Waals surface area (Å²) in [6.07, 6.45) is 5.48. The van der Waals surface area contributed by atoms with Crippen molar-refractivity contribution in [2.75, 3.05) is 17.2 Å². The van der Waals surface area contributed by atoms with Crippen LogP contribution in [0.2, 0.25) is 0 Å². The number of anilines is 3. The van der Waals surface area contributed by atoms with E-state index in [4.69, 9.17) is 11.5 Å². The first-order chi connectivity index (χ1) is 14.7. The van der Waals surface area contributed by atoms with Crippen molar-refractivity contribution in [3.05, 3.63) is 45.2 Å². The maximum Gasteiger partial charge on any atom is 0.267 e. The molecule has 0 spiro atoms. The summed E-state index contributed by atoms with van der Waals surface area (Å²) in [5, 5.41) is 6.12. The number of aromatic nitrogens is 2. The van der Waals surface area contributed by atoms with E-state index < -0.39 is 11.5 Å². The number of carbonyl (C=O) groups excluding carboxylic acids is 2. The van der Waals surface area contributed by atoms with Gasteiger partial charge < -0.3 is 22.1 Å². The first-order valence-corrected chi connectivity index (χ1v) is 10.6. The van der Waals surface area contributed by atoms with Crippen LogP contribution < -0.4 is 27.7 Å². The molecule has 9 nitrogen and oxygen atoms in total. The monoisotopic (exact) mass is 426 g/mol. The van der Waals surface area contributed by atoms with Crippen LogP contribution in [0.5, 0.6) is 0 Å². The molecule has 1 aromatic heterocycles. The summed E-state index contributed by atoms with van der Waals surface area (Å²) >= 11 is 0. The molecule has 0 radical (unpaired) electrons. The van der Waals surface area contributed by atoms with E-state index in [1.807, 2.05) is 6.92 Å². The quantitative estimate of drug-likeness (QED) is 0.406. The van der Waals surface area contributed by atoms with Crippen LogP contribution in [0.25, 0.3) is 0 Å². The molecule has 31 heavy (non-hydrogen) atoms. The van der Waals surface area contributed by atoms with E-state index >= 15 is 0 Å². The number of nitrogens with one attached hydrogen (secondary N) is 3. The molecule has 0 unspecified atom stereocenters. The Hall–Kier alpha value is -3.20. The number of H-pyrrole nitrogens is 1. The van der Waals surface area contributed by atoms with Crippen LogP contribution in [-0.2, 0) is 0 Å². The molecule has 0 atom stereocenters. The van der Waals surface area contributed by atoms with E-state index in [2.05, 4.69) is 20.6 Å². The second-order valence-electron chi connectivity index (χ2n) is 8.21. The van der Waals surface area contributed by atoms with Crippen molar-refractivity contribution in [2.45, 2.75) is 57.9 Å². The summed E-state index contributed by atoms with van der Waals surface area (Å²) in [7, 11) is 0. The van der Waals surface area contributed by atoms with Gasteiger partial charge in [0.1, 0.15) is 5.56 Å². The number of carbonyl (C=O) groups is 2. The molecule has 2 aromatic rings. The van der Waals surface area contributed by atoms with Gasteiger partial charge in [-0.1, -0.05) is 38.3 Å². The Morgan fingerprint density at radius 2 is 1.94 bits per heavy atom. The molecule has 9 heteroatoms. The fourth-order valence-corrected chi connectivity index (χ4v) is 3.83. The third-order valence-electron chi connectivity index (χ3n) is 5.76. The fraction of sp³-hybridized carbons (Fsp3) is 0.455. The van der Waals surface area contributed by atoms with E-state index in [0.29, 0.717) is 24.2 Å². The first-order valence-electron chi connectivity index (χ1n) is 10.6. The van der Waals surface area contributed by atoms with Crippen molar-refractivity contribution in [3.63, 3.8) is 0 Å². The van der Waals surface area contributed by atoms with E-state index in [1.54, 1.807) is 25.1 Å². The SMILES string of the molecule is CCC(=O)c1ccc(C)c(Nc2nc(NCC3(N)CCCCC3)[nH]c(=O)c2C(N)=O)c1. The lowest BCUT2D eigenvalue weighted by molar-refractivity contribution is 0.0983. The lowest BCUT2D eigenvalue weighted by Gasteiger charge is -2.33. The summed E-state index contributed by atoms with van der Waals surface area (Å²) in [6.45, 7) is 4.08. The number of aromatic amines is 1. The average Bonchev–Trinajstić information content (AvgIpc) is 2.73. The first kappa shape index (κ1) is 22.5. The minimum Gasteiger partial charge on any atom is -0.365 e. The average molecular weight is 427 g/mol. The third-order valence-corrected chi connectivity index (χ3v) is 5.76. The van der Waals surface area contributed by atoms with Crippen molar-refractivity contribution in [1.82, 2.24) is 9.97 Å². The Balaban J connectivity index is 1.92. The van der Waals surface area contributed by atoms with Crippen LogP contribution in [-0.4, -0.2) is 33.7 Å². The highest BCUT2D eigenvalue weighted by molar-refractivity contribution is 5.99. The molecule has 0 saturated heterocycles. The number of ketones is 1. The molecular formula is C22H30N6O3. The second kappa shape index (κ2) is 9.30. The Kier molecular flexibility index (Phi) is 6.74. The van der Waals surface area contributed by atoms with E-state index in [0.717, 1.165) is 31.2 Å². The predicted octanol–water partition coefficient (Wildman–Crippen LogP) is 2.59. The minimum atomic E-state index is -0.899. The zero-order valence-corrected chi connectivity index (χ0v) is 18.0. The highest BCUT2D eigenvalue weighted by Crippen LogP contribution is 2.27. The Bertz CT molecular complexity index is 1040. The van der Waals surface area contributed by atoms with Gasteiger partial charge in [0.15, 0.2) is 11.6 Å². The van der Waals surface area contributed by atoms with Gasteiger partial charge in [-0.15, -0.1) is 0 Å². The topological polar surface area (TPSA) is 156 Å². The molecule has 0 bridgehead atoms. The normalized spacial score (nSPS) is 15.3. The number of rotatable bonds is 8. The highest BCUT2D eigenvalue weighted by Gasteiger charge is 2.27. The molecule has 1 saturated carbocycles. The van der Waals surface area contributed by atoms with Crippen molar-refractivity contribution >= 4 is 29.1 Å². The number of primary amides is 1. The van der Waals surface area contributed by atoms with Gasteiger partial charge in [0.25, 0.3) is 11.5 Å². The third kappa shape index (κ3) is 5.29. The molecule has 0 aliphatic heterocycles. The summed E-state index contributed by atoms with van der Waals surface area (Å²) in [5.41, 5.74) is 12.5. The number of nitrogens with two attached hydrogens (primary N) is 2. The van der Waals surface area contributed by atoms with Gasteiger partial charge in [0.2, 0.25) is 5.95 Å². The van der Waals surface area contributed by atoms with E-state index in [9.17, 15) is 14.4 Å². The van der Waals surface area contributed by atoms with Gasteiger partial charge >= 0.3 is 0 Å². The lowest BCUT2D eigenvalue weighted by atomic mass is 9.82. The van der Waals surface area contributed by atoms with Crippen LogP contribution in [0.4, 0.5) is 17.5 Å². The van der Waals surface area contributed by atoms with Crippen molar-refractivity contribution in [1.29, 1.82) is 0 Å². The van der Waals surface area contributed by atoms with Crippen LogP contribution in [0.3, 0.4) is 0 Å². The zero-order valence-electron chi connectivity index (χ0n) is 18.0. The number of hydrogen-bond donors (Lipinski definition) is 5. The molecule has 7 N–H and O–H groups in total. The van der Waals surface area contributed by atoms with E-state index in [-0.39, 0.29) is 28.7 Å². The van der Waals surface area contributed by atoms with Crippen LogP contribution in [0, 0.1) is 6.92 Å². The van der Waals surface area contributed by atoms with Crippen molar-refractivity contribution in [2.24, 2.45) is 11.5 Å². The van der Waals surface area contributed by atoms with Crippen molar-refractivity contribution < 1.29 is 9.59 Å². The lowest BCUT2D eigenvalue weighted by Crippen LogP contribution is -2.48. The number of Topliss-reactive ketones (excluding diaryl/α,β-unsaturated/α-hetero) is 1. The maximum absolute atomic E-state index is 12.6. The summed E-state index contributed by atoms with van der Waals surface area (Å²) in [4.78, 5) is 43.5. The Labute approximate surface area is 181 Å². The van der Waals surface area contributed by atoms with Crippen LogP contribution >= 0.6 is 0 Å². The molecule has 1 fully saturated rings. The summed E-state index contributed by atoms with van der Waals surface area (Å²) in [6, 6.07) is 5.21. The molecule has 166 valence electrons. The van der Waals surface area contributed by atoms with Gasteiger partial charge in [-0.3, -0.25) is 19.4 Å². The Morgan fingerprint density at radius 1 is 1.23 bits per heavy atom. The maximum atomic E-state index is 12.6. The van der Waals surface area contributed by atoms with Gasteiger partial charge in [-0.25, -0.2) is 0 Å². The standard InChI is InChI=1S/C22H30N6O3/c1-3-16(29)14-8-7-13(2)15(11-14)26-19-17(18(23)30)20(31)28-21(27-19)25-12-22(24)9-5-4-6-10-22/h7-8,11H,3-6,9-10,12,24H2,1-2H3,(H2,23,30)(H3,25,26,27,28,31). The Morgan fingerprint density at radius 3 is 2.58 bits per heavy atom. The van der Waals surface area contributed by atoms with Gasteiger partial charge in [-0.05, 0) is 31.4 Å². The fourth-order valence-electron chi connectivity index (χ4n) is 3.83. The largest absolute Gasteiger partial charge is 0.365 e. The molecule has 1 aliphatic carbocycles. The molecule has 1 aliphatic rings. The molecule has 1 amide bonds. The second-order valence-corrected chi connectivity index (χ2v) is 8.21. The molecule has 1 heterocycles. The summed E-state index contributed by atoms with van der Waals surface area (Å²) in [5.74, 6) is -0.687. The predicted molar refractivity (Wildman–Crippen MR) is 121 cm³/mol. The van der Waals surface area contributed by atoms with Gasteiger partial charge in [0.05, 0.1) is 0 Å². The van der Waals surface area contributed by atoms with Gasteiger partial charge in [0, 0.05) is 29.8 Å². The van der Waals surface area contributed by atoms with Crippen LogP contribution in [0.15, 0.2) is 23.0 Å². The zero-order chi connectivity index (χ0) is 22.6. The van der Waals surface area contributed by atoms with Crippen molar-refractivity contribution in [3.8, 4) is 0 Å². The van der Waals surface area contributed by atoms with Crippen LogP contribution in [0.1, 0.15) is 71.7 Å². The summed E-state index contributed by atoms with van der Waals surface area (Å²) < 4.78 is 0. The van der Waals surface area contributed by atoms with E-state index in [1.165, 1.54) is 6.42 Å². The molecule has 1 aromatic carbocycles. The number of hydrogen-bond acceptors (Lipinski definition) is 7. The highest BCUT2D eigenvalue weighted by atomic mass is 16.2. The molecular weight excluding hydrogens is 396 g/mol. The molecule has 3 rings (SSSR count). The van der Waals surface area contributed by atoms with Gasteiger partial charge in [-0.2, -0.15) is 4.98 Å². The number of nitrogens with zero attached hydrogens (tertiary/aromatic N) is 1. The number of amides is 1. The number of benzene rings is 1. The minimum absolute atomic E-state index is 0.0138. The number of aryl methyl sites for hydroxylation is 1.